The highest BCUT2D eigenvalue weighted by atomic mass is 16.1. The van der Waals surface area contributed by atoms with Crippen LogP contribution in [0.15, 0.2) is 30.5 Å². The van der Waals surface area contributed by atoms with E-state index >= 15 is 0 Å². The minimum absolute atomic E-state index is 0.0261. The molecule has 1 atom stereocenters. The van der Waals surface area contributed by atoms with Gasteiger partial charge in [-0.25, -0.2) is 0 Å². The van der Waals surface area contributed by atoms with Gasteiger partial charge in [-0.3, -0.25) is 4.79 Å². The highest BCUT2D eigenvalue weighted by Gasteiger charge is 2.14. The number of H-pyrrole nitrogens is 1. The predicted molar refractivity (Wildman–Crippen MR) is 73.8 cm³/mol. The molecule has 18 heavy (non-hydrogen) atoms. The van der Waals surface area contributed by atoms with E-state index in [-0.39, 0.29) is 11.9 Å². The Morgan fingerprint density at radius 3 is 2.83 bits per heavy atom. The zero-order valence-electron chi connectivity index (χ0n) is 11.0. The number of amides is 1. The third-order valence-electron chi connectivity index (χ3n) is 2.85. The average Bonchev–Trinajstić information content (AvgIpc) is 2.71. The van der Waals surface area contributed by atoms with E-state index < -0.39 is 0 Å². The van der Waals surface area contributed by atoms with Crippen LogP contribution in [-0.2, 0) is 0 Å². The Balaban J connectivity index is 2.14. The SMILES string of the molecule is CC(CN(C)C)NC(=O)c1c[nH]c2ccccc12. The molecule has 0 aliphatic carbocycles. The molecular weight excluding hydrogens is 226 g/mol. The molecule has 1 amide bonds. The second kappa shape index (κ2) is 5.23. The van der Waals surface area contributed by atoms with Crippen LogP contribution in [0.3, 0.4) is 0 Å². The van der Waals surface area contributed by atoms with E-state index in [2.05, 4.69) is 15.2 Å². The number of carbonyl (C=O) groups is 1. The number of fused-ring (bicyclic) bond motifs is 1. The molecule has 4 nitrogen and oxygen atoms in total. The number of carbonyl (C=O) groups excluding carboxylic acids is 1. The second-order valence-corrected chi connectivity index (χ2v) is 4.88. The highest BCUT2D eigenvalue weighted by molar-refractivity contribution is 6.06. The molecule has 2 aromatic rings. The minimum atomic E-state index is -0.0261. The summed E-state index contributed by atoms with van der Waals surface area (Å²) in [4.78, 5) is 17.3. The Morgan fingerprint density at radius 1 is 1.39 bits per heavy atom. The summed E-state index contributed by atoms with van der Waals surface area (Å²) in [6.45, 7) is 2.83. The quantitative estimate of drug-likeness (QED) is 0.863. The molecule has 0 saturated carbocycles. The molecule has 4 heteroatoms. The Hall–Kier alpha value is -1.81. The summed E-state index contributed by atoms with van der Waals surface area (Å²) >= 11 is 0. The van der Waals surface area contributed by atoms with E-state index in [1.54, 1.807) is 6.20 Å². The van der Waals surface area contributed by atoms with E-state index in [1.165, 1.54) is 0 Å². The molecule has 0 radical (unpaired) electrons. The van der Waals surface area contributed by atoms with E-state index in [0.29, 0.717) is 5.56 Å². The summed E-state index contributed by atoms with van der Waals surface area (Å²) in [5, 5.41) is 3.97. The van der Waals surface area contributed by atoms with Crippen molar-refractivity contribution in [3.05, 3.63) is 36.0 Å². The van der Waals surface area contributed by atoms with Crippen LogP contribution in [0.1, 0.15) is 17.3 Å². The van der Waals surface area contributed by atoms with Crippen LogP contribution in [-0.4, -0.2) is 42.5 Å². The number of likely N-dealkylation sites (N-methyl/N-ethyl adjacent to an activating group) is 1. The lowest BCUT2D eigenvalue weighted by Crippen LogP contribution is -2.39. The Morgan fingerprint density at radius 2 is 2.11 bits per heavy atom. The molecule has 0 saturated heterocycles. The molecule has 1 aromatic carbocycles. The highest BCUT2D eigenvalue weighted by Crippen LogP contribution is 2.17. The predicted octanol–water partition coefficient (Wildman–Crippen LogP) is 1.85. The molecule has 96 valence electrons. The van der Waals surface area contributed by atoms with Gasteiger partial charge in [-0.15, -0.1) is 0 Å². The van der Waals surface area contributed by atoms with Crippen LogP contribution < -0.4 is 5.32 Å². The van der Waals surface area contributed by atoms with Gasteiger partial charge in [-0.2, -0.15) is 0 Å². The van der Waals surface area contributed by atoms with E-state index in [1.807, 2.05) is 45.3 Å². The van der Waals surface area contributed by atoms with E-state index in [4.69, 9.17) is 0 Å². The summed E-state index contributed by atoms with van der Waals surface area (Å²) < 4.78 is 0. The third kappa shape index (κ3) is 2.71. The van der Waals surface area contributed by atoms with Crippen LogP contribution in [0.5, 0.6) is 0 Å². The average molecular weight is 245 g/mol. The van der Waals surface area contributed by atoms with Gasteiger partial charge in [0.25, 0.3) is 5.91 Å². The van der Waals surface area contributed by atoms with Gasteiger partial charge in [0.1, 0.15) is 0 Å². The fraction of sp³-hybridized carbons (Fsp3) is 0.357. The molecule has 0 aliphatic rings. The number of benzene rings is 1. The van der Waals surface area contributed by atoms with Crippen molar-refractivity contribution < 1.29 is 4.79 Å². The zero-order chi connectivity index (χ0) is 13.1. The van der Waals surface area contributed by atoms with Crippen LogP contribution in [0, 0.1) is 0 Å². The van der Waals surface area contributed by atoms with Gasteiger partial charge < -0.3 is 15.2 Å². The summed E-state index contributed by atoms with van der Waals surface area (Å²) in [6, 6.07) is 7.94. The number of para-hydroxylation sites is 1. The molecule has 2 rings (SSSR count). The number of rotatable bonds is 4. The van der Waals surface area contributed by atoms with Crippen molar-refractivity contribution in [2.45, 2.75) is 13.0 Å². The van der Waals surface area contributed by atoms with Crippen molar-refractivity contribution in [3.8, 4) is 0 Å². The van der Waals surface area contributed by atoms with Crippen molar-refractivity contribution in [3.63, 3.8) is 0 Å². The largest absolute Gasteiger partial charge is 0.360 e. The molecule has 2 N–H and O–H groups in total. The third-order valence-corrected chi connectivity index (χ3v) is 2.85. The van der Waals surface area contributed by atoms with Gasteiger partial charge >= 0.3 is 0 Å². The van der Waals surface area contributed by atoms with Gasteiger partial charge in [0.15, 0.2) is 0 Å². The molecule has 1 aromatic heterocycles. The fourth-order valence-corrected chi connectivity index (χ4v) is 2.15. The molecule has 0 bridgehead atoms. The van der Waals surface area contributed by atoms with Crippen molar-refractivity contribution in [1.29, 1.82) is 0 Å². The van der Waals surface area contributed by atoms with Crippen LogP contribution in [0.25, 0.3) is 10.9 Å². The number of aromatic nitrogens is 1. The summed E-state index contributed by atoms with van der Waals surface area (Å²) in [5.41, 5.74) is 1.69. The first-order valence-electron chi connectivity index (χ1n) is 6.09. The molecule has 1 heterocycles. The smallest absolute Gasteiger partial charge is 0.253 e. The summed E-state index contributed by atoms with van der Waals surface area (Å²) in [7, 11) is 3.99. The monoisotopic (exact) mass is 245 g/mol. The van der Waals surface area contributed by atoms with Crippen molar-refractivity contribution in [2.75, 3.05) is 20.6 Å². The fourth-order valence-electron chi connectivity index (χ4n) is 2.15. The number of nitrogens with one attached hydrogen (secondary N) is 2. The van der Waals surface area contributed by atoms with Crippen molar-refractivity contribution in [2.24, 2.45) is 0 Å². The van der Waals surface area contributed by atoms with Gasteiger partial charge in [0, 0.05) is 29.7 Å². The molecule has 0 spiro atoms. The first-order valence-corrected chi connectivity index (χ1v) is 6.09. The Bertz CT molecular complexity index is 545. The van der Waals surface area contributed by atoms with E-state index in [0.717, 1.165) is 17.4 Å². The lowest BCUT2D eigenvalue weighted by atomic mass is 10.1. The lowest BCUT2D eigenvalue weighted by molar-refractivity contribution is 0.0936. The summed E-state index contributed by atoms with van der Waals surface area (Å²) in [5.74, 6) is -0.0261. The number of nitrogens with zero attached hydrogens (tertiary/aromatic N) is 1. The first kappa shape index (κ1) is 12.6. The standard InChI is InChI=1S/C14H19N3O/c1-10(9-17(2)3)16-14(18)12-8-15-13-7-5-4-6-11(12)13/h4-8,10,15H,9H2,1-3H3,(H,16,18). The normalized spacial score (nSPS) is 12.9. The van der Waals surface area contributed by atoms with E-state index in [9.17, 15) is 4.79 Å². The van der Waals surface area contributed by atoms with Gasteiger partial charge in [-0.05, 0) is 27.1 Å². The van der Waals surface area contributed by atoms with Crippen LogP contribution in [0.4, 0.5) is 0 Å². The maximum absolute atomic E-state index is 12.2. The minimum Gasteiger partial charge on any atom is -0.360 e. The molecule has 0 aliphatic heterocycles. The number of aromatic amines is 1. The van der Waals surface area contributed by atoms with Crippen LogP contribution >= 0.6 is 0 Å². The lowest BCUT2D eigenvalue weighted by Gasteiger charge is -2.18. The van der Waals surface area contributed by atoms with Crippen molar-refractivity contribution >= 4 is 16.8 Å². The molecule has 1 unspecified atom stereocenters. The maximum atomic E-state index is 12.2. The second-order valence-electron chi connectivity index (χ2n) is 4.88. The topological polar surface area (TPSA) is 48.1 Å². The van der Waals surface area contributed by atoms with Crippen molar-refractivity contribution in [1.82, 2.24) is 15.2 Å². The van der Waals surface area contributed by atoms with Crippen LogP contribution in [0.2, 0.25) is 0 Å². The molecular formula is C14H19N3O. The Labute approximate surface area is 107 Å². The first-order chi connectivity index (χ1) is 8.58. The summed E-state index contributed by atoms with van der Waals surface area (Å²) in [6.07, 6.45) is 1.77. The number of hydrogen-bond acceptors (Lipinski definition) is 2. The maximum Gasteiger partial charge on any atom is 0.253 e. The van der Waals surface area contributed by atoms with Gasteiger partial charge in [-0.1, -0.05) is 18.2 Å². The zero-order valence-corrected chi connectivity index (χ0v) is 11.0. The van der Waals surface area contributed by atoms with Gasteiger partial charge in [0.05, 0.1) is 5.56 Å². The molecule has 0 fully saturated rings. The Kier molecular flexibility index (Phi) is 3.67. The van der Waals surface area contributed by atoms with Gasteiger partial charge in [0.2, 0.25) is 0 Å². The number of hydrogen-bond donors (Lipinski definition) is 2.